The molecule has 0 rings (SSSR count). The number of rotatable bonds is 62. The van der Waals surface area contributed by atoms with Crippen molar-refractivity contribution in [3.63, 3.8) is 0 Å². The van der Waals surface area contributed by atoms with Crippen molar-refractivity contribution >= 4 is 39.5 Å². The SMILES string of the molecule is CCCCCCCCCCCCCC(=O)OC[C@H](COP(=O)(O)OC[C@@H](O)COP(=O)(O)OC[C@@H](COC(=O)CCCCCCCCCC)OC(=O)CCCCCCCCCCC)OC(=O)CCCCCCCCCCCCC(C)C. The summed E-state index contributed by atoms with van der Waals surface area (Å²) in [4.78, 5) is 72.0. The Hall–Kier alpha value is -1.94. The first-order valence-electron chi connectivity index (χ1n) is 32.6. The Labute approximate surface area is 492 Å². The number of aliphatic hydroxyl groups excluding tert-OH is 1. The van der Waals surface area contributed by atoms with Crippen LogP contribution >= 0.6 is 15.6 Å². The van der Waals surface area contributed by atoms with Crippen molar-refractivity contribution in [1.82, 2.24) is 0 Å². The number of phosphoric acid groups is 2. The van der Waals surface area contributed by atoms with Gasteiger partial charge in [0.15, 0.2) is 12.2 Å². The van der Waals surface area contributed by atoms with Gasteiger partial charge < -0.3 is 33.8 Å². The second kappa shape index (κ2) is 55.9. The summed E-state index contributed by atoms with van der Waals surface area (Å²) >= 11 is 0. The number of unbranched alkanes of at least 4 members (excludes halogenated alkanes) is 34. The van der Waals surface area contributed by atoms with E-state index in [4.69, 9.17) is 37.0 Å². The quantitative estimate of drug-likeness (QED) is 0.0222. The van der Waals surface area contributed by atoms with Crippen molar-refractivity contribution in [2.24, 2.45) is 5.92 Å². The summed E-state index contributed by atoms with van der Waals surface area (Å²) in [6.45, 7) is 7.13. The molecule has 480 valence electrons. The fourth-order valence-corrected chi connectivity index (χ4v) is 10.8. The van der Waals surface area contributed by atoms with Crippen LogP contribution in [-0.4, -0.2) is 96.7 Å². The van der Waals surface area contributed by atoms with Crippen LogP contribution in [0.4, 0.5) is 0 Å². The van der Waals surface area contributed by atoms with Crippen LogP contribution in [0, 0.1) is 5.92 Å². The lowest BCUT2D eigenvalue weighted by Gasteiger charge is -2.21. The minimum absolute atomic E-state index is 0.106. The van der Waals surface area contributed by atoms with E-state index in [1.807, 2.05) is 0 Å². The van der Waals surface area contributed by atoms with Gasteiger partial charge in [0.1, 0.15) is 19.3 Å². The van der Waals surface area contributed by atoms with E-state index >= 15 is 0 Å². The van der Waals surface area contributed by atoms with Crippen LogP contribution in [0.5, 0.6) is 0 Å². The highest BCUT2D eigenvalue weighted by molar-refractivity contribution is 7.47. The van der Waals surface area contributed by atoms with Gasteiger partial charge in [-0.1, -0.05) is 259 Å². The molecule has 0 aromatic carbocycles. The standard InChI is InChI=1S/C62H120O17P2/c1-6-9-12-15-18-21-22-27-31-36-41-46-60(65)73-52-58(79-62(67)48-43-38-33-28-24-23-26-29-34-39-44-55(4)5)54-77-81(70,71)75-50-56(63)49-74-80(68,69)76-53-57(51-72-59(64)45-40-35-30-20-17-14-11-8-3)78-61(66)47-42-37-32-25-19-16-13-10-7-2/h55-58,63H,6-54H2,1-5H3,(H,68,69)(H,70,71)/t56-,57+,58+/m0/s1. The molecule has 0 saturated carbocycles. The summed E-state index contributed by atoms with van der Waals surface area (Å²) in [6, 6.07) is 0. The van der Waals surface area contributed by atoms with Crippen molar-refractivity contribution in [2.45, 2.75) is 329 Å². The van der Waals surface area contributed by atoms with Gasteiger partial charge in [-0.3, -0.25) is 37.3 Å². The second-order valence-corrected chi connectivity index (χ2v) is 25.8. The molecule has 0 aliphatic rings. The minimum atomic E-state index is -4.94. The molecular formula is C62H120O17P2. The van der Waals surface area contributed by atoms with Gasteiger partial charge in [0, 0.05) is 25.7 Å². The highest BCUT2D eigenvalue weighted by Crippen LogP contribution is 2.45. The minimum Gasteiger partial charge on any atom is -0.462 e. The van der Waals surface area contributed by atoms with Crippen LogP contribution in [0.2, 0.25) is 0 Å². The second-order valence-electron chi connectivity index (χ2n) is 22.9. The van der Waals surface area contributed by atoms with Gasteiger partial charge in [-0.15, -0.1) is 0 Å². The van der Waals surface area contributed by atoms with E-state index in [9.17, 15) is 43.2 Å². The van der Waals surface area contributed by atoms with E-state index in [0.717, 1.165) is 102 Å². The van der Waals surface area contributed by atoms with Gasteiger partial charge in [0.25, 0.3) is 0 Å². The molecular weight excluding hydrogens is 1080 g/mol. The highest BCUT2D eigenvalue weighted by atomic mass is 31.2. The predicted molar refractivity (Wildman–Crippen MR) is 322 cm³/mol. The number of hydrogen-bond donors (Lipinski definition) is 3. The van der Waals surface area contributed by atoms with E-state index in [1.54, 1.807) is 0 Å². The molecule has 0 aromatic heterocycles. The largest absolute Gasteiger partial charge is 0.472 e. The fourth-order valence-electron chi connectivity index (χ4n) is 9.23. The lowest BCUT2D eigenvalue weighted by molar-refractivity contribution is -0.161. The van der Waals surface area contributed by atoms with E-state index in [0.29, 0.717) is 25.7 Å². The molecule has 0 spiro atoms. The van der Waals surface area contributed by atoms with Crippen molar-refractivity contribution in [3.8, 4) is 0 Å². The van der Waals surface area contributed by atoms with Gasteiger partial charge in [-0.05, 0) is 31.6 Å². The highest BCUT2D eigenvalue weighted by Gasteiger charge is 2.30. The first-order valence-corrected chi connectivity index (χ1v) is 35.6. The molecule has 3 N–H and O–H groups in total. The summed E-state index contributed by atoms with van der Waals surface area (Å²) in [7, 11) is -9.88. The molecule has 0 aliphatic carbocycles. The average molecular weight is 1200 g/mol. The monoisotopic (exact) mass is 1200 g/mol. The smallest absolute Gasteiger partial charge is 0.462 e. The molecule has 0 heterocycles. The van der Waals surface area contributed by atoms with Gasteiger partial charge in [0.2, 0.25) is 0 Å². The van der Waals surface area contributed by atoms with Crippen LogP contribution in [0.1, 0.15) is 311 Å². The van der Waals surface area contributed by atoms with Crippen molar-refractivity contribution in [1.29, 1.82) is 0 Å². The maximum atomic E-state index is 13.0. The zero-order valence-corrected chi connectivity index (χ0v) is 53.7. The molecule has 2 unspecified atom stereocenters. The Balaban J connectivity index is 5.22. The predicted octanol–water partition coefficient (Wildman–Crippen LogP) is 17.0. The molecule has 0 amide bonds. The summed E-state index contributed by atoms with van der Waals surface area (Å²) in [5, 5.41) is 10.5. The van der Waals surface area contributed by atoms with Gasteiger partial charge in [-0.25, -0.2) is 9.13 Å². The number of ether oxygens (including phenoxy) is 4. The molecule has 0 radical (unpaired) electrons. The number of carbonyl (C=O) groups is 4. The Bertz CT molecular complexity index is 1580. The fraction of sp³-hybridized carbons (Fsp3) is 0.935. The van der Waals surface area contributed by atoms with E-state index in [1.165, 1.54) is 128 Å². The van der Waals surface area contributed by atoms with Crippen LogP contribution in [0.15, 0.2) is 0 Å². The third kappa shape index (κ3) is 56.9. The molecule has 0 aliphatic heterocycles. The molecule has 17 nitrogen and oxygen atoms in total. The number of carbonyl (C=O) groups excluding carboxylic acids is 4. The van der Waals surface area contributed by atoms with Gasteiger partial charge >= 0.3 is 39.5 Å². The first kappa shape index (κ1) is 79.1. The van der Waals surface area contributed by atoms with E-state index < -0.39 is 97.5 Å². The van der Waals surface area contributed by atoms with Crippen molar-refractivity contribution < 1.29 is 80.2 Å². The van der Waals surface area contributed by atoms with Crippen molar-refractivity contribution in [2.75, 3.05) is 39.6 Å². The number of phosphoric ester groups is 2. The molecule has 81 heavy (non-hydrogen) atoms. The Kier molecular flexibility index (Phi) is 54.6. The summed E-state index contributed by atoms with van der Waals surface area (Å²) in [5.74, 6) is -1.39. The lowest BCUT2D eigenvalue weighted by atomic mass is 10.0. The number of aliphatic hydroxyl groups is 1. The molecule has 19 heteroatoms. The third-order valence-electron chi connectivity index (χ3n) is 14.3. The van der Waals surface area contributed by atoms with E-state index in [-0.39, 0.29) is 25.7 Å². The Morgan fingerprint density at radius 3 is 0.840 bits per heavy atom. The Morgan fingerprint density at radius 2 is 0.568 bits per heavy atom. The molecule has 5 atom stereocenters. The van der Waals surface area contributed by atoms with Gasteiger partial charge in [-0.2, -0.15) is 0 Å². The third-order valence-corrected chi connectivity index (χ3v) is 16.2. The van der Waals surface area contributed by atoms with E-state index in [2.05, 4.69) is 34.6 Å². The summed E-state index contributed by atoms with van der Waals surface area (Å²) < 4.78 is 67.8. The summed E-state index contributed by atoms with van der Waals surface area (Å²) in [6.07, 6.45) is 38.9. The first-order chi connectivity index (χ1) is 39.0. The number of hydrogen-bond acceptors (Lipinski definition) is 15. The van der Waals surface area contributed by atoms with Crippen LogP contribution in [-0.2, 0) is 65.4 Å². The zero-order valence-electron chi connectivity index (χ0n) is 51.9. The zero-order chi connectivity index (χ0) is 59.9. The summed E-state index contributed by atoms with van der Waals surface area (Å²) in [5.41, 5.74) is 0. The molecule has 0 saturated heterocycles. The number of esters is 4. The van der Waals surface area contributed by atoms with Crippen LogP contribution in [0.3, 0.4) is 0 Å². The molecule has 0 fully saturated rings. The maximum Gasteiger partial charge on any atom is 0.472 e. The van der Waals surface area contributed by atoms with Crippen LogP contribution in [0.25, 0.3) is 0 Å². The van der Waals surface area contributed by atoms with Gasteiger partial charge in [0.05, 0.1) is 26.4 Å². The van der Waals surface area contributed by atoms with Crippen molar-refractivity contribution in [3.05, 3.63) is 0 Å². The maximum absolute atomic E-state index is 13.0. The molecule has 0 aromatic rings. The Morgan fingerprint density at radius 1 is 0.333 bits per heavy atom. The topological polar surface area (TPSA) is 237 Å². The lowest BCUT2D eigenvalue weighted by Crippen LogP contribution is -2.30. The molecule has 0 bridgehead atoms. The average Bonchev–Trinajstić information content (AvgIpc) is 3.43. The van der Waals surface area contributed by atoms with Crippen LogP contribution < -0.4 is 0 Å². The normalized spacial score (nSPS) is 14.3.